The fourth-order valence-corrected chi connectivity index (χ4v) is 3.56. The fourth-order valence-electron chi connectivity index (χ4n) is 3.56. The summed E-state index contributed by atoms with van der Waals surface area (Å²) in [4.78, 5) is 19.1. The molecule has 0 fully saturated rings. The summed E-state index contributed by atoms with van der Waals surface area (Å²) in [5.41, 5.74) is 4.73. The first-order valence-corrected chi connectivity index (χ1v) is 10.8. The molecule has 4 nitrogen and oxygen atoms in total. The Kier molecular flexibility index (Phi) is 8.13. The number of carboxylic acid groups (broad SMARTS) is 1. The fraction of sp³-hybridized carbons (Fsp3) is 0.259. The summed E-state index contributed by atoms with van der Waals surface area (Å²) in [5, 5.41) is 9.90. The van der Waals surface area contributed by atoms with Gasteiger partial charge in [-0.25, -0.2) is 4.79 Å². The molecule has 0 spiro atoms. The van der Waals surface area contributed by atoms with E-state index >= 15 is 0 Å². The van der Waals surface area contributed by atoms with Crippen LogP contribution in [0.3, 0.4) is 0 Å². The number of hydrogen-bond donors (Lipinski definition) is 1. The number of benzene rings is 3. The van der Waals surface area contributed by atoms with Crippen molar-refractivity contribution in [2.45, 2.75) is 32.9 Å². The molecule has 0 saturated carbocycles. The van der Waals surface area contributed by atoms with Gasteiger partial charge in [-0.2, -0.15) is 0 Å². The molecule has 0 aromatic heterocycles. The number of rotatable bonds is 10. The van der Waals surface area contributed by atoms with Crippen molar-refractivity contribution in [2.24, 2.45) is 4.99 Å². The summed E-state index contributed by atoms with van der Waals surface area (Å²) < 4.78 is 0. The average molecular weight is 415 g/mol. The van der Waals surface area contributed by atoms with Crippen molar-refractivity contribution in [1.82, 2.24) is 4.90 Å². The van der Waals surface area contributed by atoms with Gasteiger partial charge in [0.05, 0.1) is 5.71 Å². The Morgan fingerprint density at radius 1 is 0.806 bits per heavy atom. The minimum absolute atomic E-state index is 0.351. The lowest BCUT2D eigenvalue weighted by Gasteiger charge is -2.18. The number of aliphatic imine (C=N–C) groups is 1. The maximum absolute atomic E-state index is 12.1. The zero-order valence-electron chi connectivity index (χ0n) is 18.2. The third kappa shape index (κ3) is 6.37. The average Bonchev–Trinajstić information content (AvgIpc) is 2.82. The summed E-state index contributed by atoms with van der Waals surface area (Å²) >= 11 is 0. The van der Waals surface area contributed by atoms with Gasteiger partial charge in [-0.3, -0.25) is 9.89 Å². The third-order valence-electron chi connectivity index (χ3n) is 5.42. The van der Waals surface area contributed by atoms with Gasteiger partial charge >= 0.3 is 5.97 Å². The minimum Gasteiger partial charge on any atom is -0.480 e. The molecule has 31 heavy (non-hydrogen) atoms. The van der Waals surface area contributed by atoms with E-state index in [1.54, 1.807) is 0 Å². The van der Waals surface area contributed by atoms with Gasteiger partial charge in [0.15, 0.2) is 6.04 Å². The summed E-state index contributed by atoms with van der Waals surface area (Å²) in [6, 6.07) is 26.9. The van der Waals surface area contributed by atoms with Gasteiger partial charge < -0.3 is 5.11 Å². The number of carboxylic acids is 1. The quantitative estimate of drug-likeness (QED) is 0.472. The summed E-state index contributed by atoms with van der Waals surface area (Å²) in [7, 11) is 0. The number of hydrogen-bond acceptors (Lipinski definition) is 3. The summed E-state index contributed by atoms with van der Waals surface area (Å²) in [5.74, 6) is -0.920. The van der Waals surface area contributed by atoms with E-state index in [1.807, 2.05) is 72.8 Å². The second kappa shape index (κ2) is 11.2. The van der Waals surface area contributed by atoms with Gasteiger partial charge in [-0.15, -0.1) is 0 Å². The van der Waals surface area contributed by atoms with Crippen LogP contribution in [0.4, 0.5) is 0 Å². The molecule has 3 aromatic carbocycles. The summed E-state index contributed by atoms with van der Waals surface area (Å²) in [6.45, 7) is 7.24. The second-order valence-electron chi connectivity index (χ2n) is 7.55. The van der Waals surface area contributed by atoms with Crippen LogP contribution in [-0.4, -0.2) is 40.8 Å². The van der Waals surface area contributed by atoms with Crippen LogP contribution in [0.5, 0.6) is 0 Å². The molecule has 0 heterocycles. The molecule has 0 aliphatic heterocycles. The first-order chi connectivity index (χ1) is 15.1. The predicted octanol–water partition coefficient (Wildman–Crippen LogP) is 5.06. The van der Waals surface area contributed by atoms with Crippen LogP contribution < -0.4 is 0 Å². The highest BCUT2D eigenvalue weighted by atomic mass is 16.4. The highest BCUT2D eigenvalue weighted by Gasteiger charge is 2.19. The van der Waals surface area contributed by atoms with Gasteiger partial charge in [0.2, 0.25) is 0 Å². The predicted molar refractivity (Wildman–Crippen MR) is 127 cm³/mol. The van der Waals surface area contributed by atoms with Gasteiger partial charge in [-0.1, -0.05) is 98.8 Å². The maximum atomic E-state index is 12.1. The molecule has 0 amide bonds. The van der Waals surface area contributed by atoms with E-state index in [-0.39, 0.29) is 0 Å². The molecule has 4 heteroatoms. The highest BCUT2D eigenvalue weighted by molar-refractivity contribution is 6.13. The Morgan fingerprint density at radius 2 is 1.29 bits per heavy atom. The van der Waals surface area contributed by atoms with E-state index < -0.39 is 12.0 Å². The van der Waals surface area contributed by atoms with Crippen molar-refractivity contribution in [2.75, 3.05) is 13.1 Å². The van der Waals surface area contributed by atoms with Crippen LogP contribution in [0.25, 0.3) is 0 Å². The van der Waals surface area contributed by atoms with E-state index in [0.29, 0.717) is 12.1 Å². The van der Waals surface area contributed by atoms with Crippen molar-refractivity contribution in [3.05, 3.63) is 107 Å². The summed E-state index contributed by atoms with van der Waals surface area (Å²) in [6.07, 6.45) is 0.351. The Morgan fingerprint density at radius 3 is 1.74 bits per heavy atom. The van der Waals surface area contributed by atoms with Gasteiger partial charge in [0, 0.05) is 24.1 Å². The zero-order chi connectivity index (χ0) is 22.1. The number of aliphatic carboxylic acids is 1. The molecule has 1 unspecified atom stereocenters. The van der Waals surface area contributed by atoms with Crippen molar-refractivity contribution in [3.8, 4) is 0 Å². The third-order valence-corrected chi connectivity index (χ3v) is 5.42. The molecule has 0 radical (unpaired) electrons. The largest absolute Gasteiger partial charge is 0.480 e. The Labute approximate surface area is 184 Å². The Balaban J connectivity index is 1.86. The van der Waals surface area contributed by atoms with Crippen molar-refractivity contribution in [1.29, 1.82) is 0 Å². The SMILES string of the molecule is CCN(CC)Cc1ccc(CC(N=C(c2ccccc2)c2ccccc2)C(=O)O)cc1. The molecule has 0 aliphatic carbocycles. The number of nitrogens with zero attached hydrogens (tertiary/aromatic N) is 2. The van der Waals surface area contributed by atoms with Gasteiger partial charge in [0.25, 0.3) is 0 Å². The standard InChI is InChI=1S/C27H30N2O2/c1-3-29(4-2)20-22-17-15-21(16-18-22)19-25(27(30)31)28-26(23-11-7-5-8-12-23)24-13-9-6-10-14-24/h5-18,25H,3-4,19-20H2,1-2H3,(H,30,31). The van der Waals surface area contributed by atoms with E-state index in [0.717, 1.165) is 36.3 Å². The van der Waals surface area contributed by atoms with Crippen LogP contribution in [0.2, 0.25) is 0 Å². The molecule has 160 valence electrons. The maximum Gasteiger partial charge on any atom is 0.328 e. The van der Waals surface area contributed by atoms with Crippen LogP contribution in [-0.2, 0) is 17.8 Å². The monoisotopic (exact) mass is 414 g/mol. The van der Waals surface area contributed by atoms with Crippen LogP contribution in [0.1, 0.15) is 36.1 Å². The molecule has 3 aromatic rings. The molecule has 3 rings (SSSR count). The van der Waals surface area contributed by atoms with Crippen molar-refractivity contribution >= 4 is 11.7 Å². The molecule has 0 aliphatic rings. The normalized spacial score (nSPS) is 11.8. The van der Waals surface area contributed by atoms with Crippen LogP contribution in [0, 0.1) is 0 Å². The molecule has 1 atom stereocenters. The minimum atomic E-state index is -0.920. The van der Waals surface area contributed by atoms with Crippen molar-refractivity contribution in [3.63, 3.8) is 0 Å². The Hall–Kier alpha value is -3.24. The van der Waals surface area contributed by atoms with E-state index in [4.69, 9.17) is 4.99 Å². The molecule has 1 N–H and O–H groups in total. The molecular weight excluding hydrogens is 384 g/mol. The van der Waals surface area contributed by atoms with Crippen LogP contribution in [0.15, 0.2) is 89.9 Å². The number of carbonyl (C=O) groups is 1. The topological polar surface area (TPSA) is 52.9 Å². The lowest BCUT2D eigenvalue weighted by molar-refractivity contribution is -0.138. The Bertz CT molecular complexity index is 937. The second-order valence-corrected chi connectivity index (χ2v) is 7.55. The molecule has 0 saturated heterocycles. The molecular formula is C27H30N2O2. The van der Waals surface area contributed by atoms with E-state index in [1.165, 1.54) is 5.56 Å². The lowest BCUT2D eigenvalue weighted by Crippen LogP contribution is -2.23. The highest BCUT2D eigenvalue weighted by Crippen LogP contribution is 2.16. The lowest BCUT2D eigenvalue weighted by atomic mass is 10.0. The van der Waals surface area contributed by atoms with Gasteiger partial charge in [0.1, 0.15) is 0 Å². The first-order valence-electron chi connectivity index (χ1n) is 10.8. The van der Waals surface area contributed by atoms with E-state index in [2.05, 4.69) is 30.9 Å². The first kappa shape index (κ1) is 22.4. The molecule has 0 bridgehead atoms. The van der Waals surface area contributed by atoms with Crippen molar-refractivity contribution < 1.29 is 9.90 Å². The van der Waals surface area contributed by atoms with Gasteiger partial charge in [-0.05, 0) is 24.2 Å². The van der Waals surface area contributed by atoms with Crippen LogP contribution >= 0.6 is 0 Å². The van der Waals surface area contributed by atoms with E-state index in [9.17, 15) is 9.90 Å². The smallest absolute Gasteiger partial charge is 0.328 e. The zero-order valence-corrected chi connectivity index (χ0v) is 18.2.